The summed E-state index contributed by atoms with van der Waals surface area (Å²) >= 11 is 0. The number of ether oxygens (including phenoxy) is 2. The maximum atomic E-state index is 10.3. The van der Waals surface area contributed by atoms with E-state index in [1.807, 2.05) is 38.1 Å². The Labute approximate surface area is 181 Å². The normalized spacial score (nSPS) is 13.9. The van der Waals surface area contributed by atoms with E-state index in [0.717, 1.165) is 41.5 Å². The number of nitrogens with zero attached hydrogens (tertiary/aromatic N) is 2. The number of benzene rings is 1. The number of aromatic nitrogens is 2. The Morgan fingerprint density at radius 2 is 1.70 bits per heavy atom. The van der Waals surface area contributed by atoms with E-state index in [4.69, 9.17) is 9.47 Å². The molecular weight excluding hydrogens is 380 g/mol. The van der Waals surface area contributed by atoms with Gasteiger partial charge in [0.1, 0.15) is 11.5 Å². The molecule has 0 unspecified atom stereocenters. The molecule has 1 fully saturated rings. The third-order valence-corrected chi connectivity index (χ3v) is 4.94. The van der Waals surface area contributed by atoms with Crippen molar-refractivity contribution in [3.8, 4) is 11.5 Å². The first-order valence-electron chi connectivity index (χ1n) is 10.7. The van der Waals surface area contributed by atoms with E-state index < -0.39 is 0 Å². The zero-order chi connectivity index (χ0) is 22.4. The van der Waals surface area contributed by atoms with Gasteiger partial charge in [-0.05, 0) is 69.4 Å². The van der Waals surface area contributed by atoms with Crippen LogP contribution in [0, 0.1) is 5.92 Å². The third kappa shape index (κ3) is 9.31. The van der Waals surface area contributed by atoms with Crippen LogP contribution in [0.25, 0.3) is 0 Å². The number of carbonyl (C=O) groups is 1. The van der Waals surface area contributed by atoms with E-state index in [1.165, 1.54) is 25.9 Å². The molecule has 7 heteroatoms. The van der Waals surface area contributed by atoms with Gasteiger partial charge in [0.25, 0.3) is 0 Å². The average Bonchev–Trinajstić information content (AvgIpc) is 3.23. The number of methoxy groups -OCH3 is 2. The molecule has 7 nitrogen and oxygen atoms in total. The lowest BCUT2D eigenvalue weighted by Gasteiger charge is -2.26. The summed E-state index contributed by atoms with van der Waals surface area (Å²) < 4.78 is 10.5. The highest BCUT2D eigenvalue weighted by molar-refractivity contribution is 5.68. The van der Waals surface area contributed by atoms with Crippen molar-refractivity contribution in [2.24, 2.45) is 5.92 Å². The molecule has 1 aromatic heterocycles. The Bertz CT molecular complexity index is 693. The summed E-state index contributed by atoms with van der Waals surface area (Å²) in [6, 6.07) is 7.60. The topological polar surface area (TPSA) is 79.5 Å². The van der Waals surface area contributed by atoms with E-state index in [9.17, 15) is 4.79 Å². The van der Waals surface area contributed by atoms with Gasteiger partial charge in [0.2, 0.25) is 6.41 Å². The zero-order valence-corrected chi connectivity index (χ0v) is 19.3. The summed E-state index contributed by atoms with van der Waals surface area (Å²) in [6.45, 7) is 8.95. The van der Waals surface area contributed by atoms with Crippen molar-refractivity contribution in [2.45, 2.75) is 46.5 Å². The monoisotopic (exact) mass is 418 g/mol. The van der Waals surface area contributed by atoms with Crippen LogP contribution in [-0.2, 0) is 17.6 Å². The molecular formula is C23H38N4O3. The molecule has 1 aromatic carbocycles. The van der Waals surface area contributed by atoms with E-state index in [2.05, 4.69) is 34.4 Å². The molecule has 2 N–H and O–H groups in total. The first kappa shape index (κ1) is 25.5. The smallest absolute Gasteiger partial charge is 0.212 e. The van der Waals surface area contributed by atoms with Crippen LogP contribution in [0.1, 0.15) is 44.9 Å². The van der Waals surface area contributed by atoms with Crippen LogP contribution in [0.15, 0.2) is 24.3 Å². The molecule has 0 saturated carbocycles. The predicted molar refractivity (Wildman–Crippen MR) is 122 cm³/mol. The molecule has 1 saturated heterocycles. The lowest BCUT2D eigenvalue weighted by molar-refractivity contribution is -0.105. The SMILES string of the molecule is CC.CC1CCN(C)CC1.COc1cc(CCc2cc(NC=O)n[nH]2)cc(OC)c1. The standard InChI is InChI=1S/C14H17N3O3.C7H15N.C2H6/c1-19-12-5-10(6-13(8-12)20-2)3-4-11-7-14(15-9-18)17-16-11;1-7-3-5-8(2)6-4-7;1-2/h5-9H,3-4H2,1-2H3,(H2,15,16,17,18);7H,3-6H2,1-2H3;1-2H3. The number of carbonyl (C=O) groups excluding carboxylic acids is 1. The fraction of sp³-hybridized carbons (Fsp3) is 0.565. The molecule has 0 radical (unpaired) electrons. The number of amides is 1. The van der Waals surface area contributed by atoms with Crippen LogP contribution in [0.4, 0.5) is 5.82 Å². The molecule has 0 aliphatic carbocycles. The van der Waals surface area contributed by atoms with E-state index in [1.54, 1.807) is 14.2 Å². The third-order valence-electron chi connectivity index (χ3n) is 4.94. The first-order chi connectivity index (χ1) is 14.5. The Hall–Kier alpha value is -2.54. The van der Waals surface area contributed by atoms with Gasteiger partial charge < -0.3 is 19.7 Å². The number of hydrogen-bond donors (Lipinski definition) is 2. The summed E-state index contributed by atoms with van der Waals surface area (Å²) in [4.78, 5) is 12.7. The largest absolute Gasteiger partial charge is 0.497 e. The summed E-state index contributed by atoms with van der Waals surface area (Å²) in [5.41, 5.74) is 2.07. The minimum atomic E-state index is 0.526. The maximum absolute atomic E-state index is 10.3. The number of likely N-dealkylation sites (tertiary alicyclic amines) is 1. The van der Waals surface area contributed by atoms with Crippen molar-refractivity contribution in [3.05, 3.63) is 35.5 Å². The second-order valence-corrected chi connectivity index (χ2v) is 7.25. The van der Waals surface area contributed by atoms with Crippen molar-refractivity contribution in [1.82, 2.24) is 15.1 Å². The average molecular weight is 419 g/mol. The molecule has 0 atom stereocenters. The number of nitrogens with one attached hydrogen (secondary N) is 2. The molecule has 2 aromatic rings. The molecule has 30 heavy (non-hydrogen) atoms. The van der Waals surface area contributed by atoms with Gasteiger partial charge in [-0.15, -0.1) is 0 Å². The first-order valence-corrected chi connectivity index (χ1v) is 10.7. The fourth-order valence-corrected chi connectivity index (χ4v) is 3.05. The molecule has 0 bridgehead atoms. The number of piperidine rings is 1. The van der Waals surface area contributed by atoms with Gasteiger partial charge in [0.15, 0.2) is 5.82 Å². The molecule has 2 heterocycles. The van der Waals surface area contributed by atoms with Crippen molar-refractivity contribution >= 4 is 12.2 Å². The lowest BCUT2D eigenvalue weighted by Crippen LogP contribution is -2.28. The highest BCUT2D eigenvalue weighted by Crippen LogP contribution is 2.23. The highest BCUT2D eigenvalue weighted by atomic mass is 16.5. The van der Waals surface area contributed by atoms with Crippen molar-refractivity contribution in [2.75, 3.05) is 39.7 Å². The van der Waals surface area contributed by atoms with Crippen LogP contribution in [0.2, 0.25) is 0 Å². The van der Waals surface area contributed by atoms with Gasteiger partial charge in [-0.3, -0.25) is 9.89 Å². The van der Waals surface area contributed by atoms with E-state index in [-0.39, 0.29) is 0 Å². The van der Waals surface area contributed by atoms with Crippen LogP contribution in [0.5, 0.6) is 11.5 Å². The second-order valence-electron chi connectivity index (χ2n) is 7.25. The number of H-pyrrole nitrogens is 1. The summed E-state index contributed by atoms with van der Waals surface area (Å²) in [5.74, 6) is 3.05. The van der Waals surface area contributed by atoms with Gasteiger partial charge in [-0.1, -0.05) is 20.8 Å². The number of hydrogen-bond acceptors (Lipinski definition) is 5. The molecule has 1 aliphatic heterocycles. The Kier molecular flexibility index (Phi) is 12.3. The second kappa shape index (κ2) is 14.4. The van der Waals surface area contributed by atoms with Gasteiger partial charge in [0, 0.05) is 17.8 Å². The van der Waals surface area contributed by atoms with Crippen molar-refractivity contribution < 1.29 is 14.3 Å². The summed E-state index contributed by atoms with van der Waals surface area (Å²) in [6.07, 6.45) is 5.00. The minimum Gasteiger partial charge on any atom is -0.497 e. The van der Waals surface area contributed by atoms with Gasteiger partial charge in [0.05, 0.1) is 14.2 Å². The zero-order valence-electron chi connectivity index (χ0n) is 19.3. The highest BCUT2D eigenvalue weighted by Gasteiger charge is 2.10. The summed E-state index contributed by atoms with van der Waals surface area (Å²) in [7, 11) is 5.46. The Morgan fingerprint density at radius 3 is 2.20 bits per heavy atom. The van der Waals surface area contributed by atoms with E-state index >= 15 is 0 Å². The number of aromatic amines is 1. The molecule has 168 valence electrons. The summed E-state index contributed by atoms with van der Waals surface area (Å²) in [5, 5.41) is 9.35. The minimum absolute atomic E-state index is 0.526. The van der Waals surface area contributed by atoms with Crippen LogP contribution >= 0.6 is 0 Å². The predicted octanol–water partition coefficient (Wildman–Crippen LogP) is 4.15. The van der Waals surface area contributed by atoms with Crippen LogP contribution < -0.4 is 14.8 Å². The molecule has 1 amide bonds. The van der Waals surface area contributed by atoms with Crippen LogP contribution in [0.3, 0.4) is 0 Å². The number of anilines is 1. The number of aryl methyl sites for hydroxylation is 2. The molecule has 3 rings (SSSR count). The van der Waals surface area contributed by atoms with Crippen molar-refractivity contribution in [1.29, 1.82) is 0 Å². The Morgan fingerprint density at radius 1 is 1.10 bits per heavy atom. The van der Waals surface area contributed by atoms with Gasteiger partial charge in [-0.2, -0.15) is 5.10 Å². The van der Waals surface area contributed by atoms with Crippen LogP contribution in [-0.4, -0.2) is 55.9 Å². The maximum Gasteiger partial charge on any atom is 0.212 e. The lowest BCUT2D eigenvalue weighted by atomic mass is 10.00. The molecule has 0 spiro atoms. The van der Waals surface area contributed by atoms with Crippen molar-refractivity contribution in [3.63, 3.8) is 0 Å². The quantitative estimate of drug-likeness (QED) is 0.660. The van der Waals surface area contributed by atoms with Gasteiger partial charge in [-0.25, -0.2) is 0 Å². The molecule has 1 aliphatic rings. The fourth-order valence-electron chi connectivity index (χ4n) is 3.05. The number of rotatable bonds is 7. The van der Waals surface area contributed by atoms with Gasteiger partial charge >= 0.3 is 0 Å². The van der Waals surface area contributed by atoms with E-state index in [0.29, 0.717) is 12.2 Å². The Balaban J connectivity index is 0.000000375.